The summed E-state index contributed by atoms with van der Waals surface area (Å²) in [5, 5.41) is 0.0297. The van der Waals surface area contributed by atoms with Gasteiger partial charge in [-0.2, -0.15) is 13.2 Å². The molecule has 30 heavy (non-hydrogen) atoms. The van der Waals surface area contributed by atoms with Crippen molar-refractivity contribution in [2.24, 2.45) is 0 Å². The number of ether oxygens (including phenoxy) is 2. The maximum Gasteiger partial charge on any atom is 0.429 e. The molecule has 0 atom stereocenters. The van der Waals surface area contributed by atoms with Crippen molar-refractivity contribution in [3.63, 3.8) is 0 Å². The second-order valence-electron chi connectivity index (χ2n) is 7.11. The van der Waals surface area contributed by atoms with Crippen molar-refractivity contribution in [1.29, 1.82) is 0 Å². The fraction of sp³-hybridized carbons (Fsp3) is 0.444. The average Bonchev–Trinajstić information content (AvgIpc) is 2.58. The molecule has 2 aromatic rings. The van der Waals surface area contributed by atoms with Gasteiger partial charge in [0.1, 0.15) is 17.7 Å². The van der Waals surface area contributed by atoms with E-state index >= 15 is 0 Å². The molecule has 0 fully saturated rings. The lowest BCUT2D eigenvalue weighted by Crippen LogP contribution is -2.49. The normalized spacial score (nSPS) is 12.0. The summed E-state index contributed by atoms with van der Waals surface area (Å²) in [5.41, 5.74) is -2.73. The van der Waals surface area contributed by atoms with E-state index in [1.807, 2.05) is 0 Å². The lowest BCUT2D eigenvalue weighted by molar-refractivity contribution is -0.122. The second-order valence-corrected chi connectivity index (χ2v) is 8.03. The first-order chi connectivity index (χ1) is 13.7. The molecule has 0 aromatic carbocycles. The molecule has 0 aliphatic heterocycles. The Balaban J connectivity index is 2.81. The van der Waals surface area contributed by atoms with Gasteiger partial charge in [-0.05, 0) is 49.7 Å². The molecular formula is C18H19BrF3N3O5. The van der Waals surface area contributed by atoms with Gasteiger partial charge in [-0.15, -0.1) is 0 Å². The van der Waals surface area contributed by atoms with E-state index in [1.165, 1.54) is 40.0 Å². The van der Waals surface area contributed by atoms with Crippen molar-refractivity contribution < 1.29 is 32.2 Å². The topological polar surface area (TPSA) is 90.7 Å². The number of fused-ring (bicyclic) bond motifs is 1. The fourth-order valence-corrected chi connectivity index (χ4v) is 2.75. The molecule has 2 aromatic heterocycles. The summed E-state index contributed by atoms with van der Waals surface area (Å²) in [4.78, 5) is 41.5. The summed E-state index contributed by atoms with van der Waals surface area (Å²) < 4.78 is 50.7. The van der Waals surface area contributed by atoms with E-state index in [-0.39, 0.29) is 22.6 Å². The van der Waals surface area contributed by atoms with E-state index in [0.29, 0.717) is 9.15 Å². The summed E-state index contributed by atoms with van der Waals surface area (Å²) in [6.45, 7) is 4.15. The van der Waals surface area contributed by atoms with E-state index in [9.17, 15) is 27.6 Å². The quantitative estimate of drug-likeness (QED) is 0.602. The molecule has 1 amide bonds. The Morgan fingerprint density at radius 3 is 2.43 bits per heavy atom. The first kappa shape index (κ1) is 23.6. The molecular weight excluding hydrogens is 475 g/mol. The number of nitrogens with zero attached hydrogens (tertiary/aromatic N) is 3. The molecule has 0 bridgehead atoms. The molecule has 0 saturated carbocycles. The Morgan fingerprint density at radius 2 is 1.90 bits per heavy atom. The van der Waals surface area contributed by atoms with Crippen LogP contribution in [0.2, 0.25) is 0 Å². The van der Waals surface area contributed by atoms with Crippen LogP contribution in [0, 0.1) is 0 Å². The van der Waals surface area contributed by atoms with Crippen LogP contribution < -0.4 is 10.4 Å². The highest BCUT2D eigenvalue weighted by Gasteiger charge is 2.37. The SMILES string of the molecule is CCOC(=O)c1cn(N(CC(F)(F)F)C(=O)OC(C)(C)C)c2ncc(Br)cc2c1=O. The largest absolute Gasteiger partial charge is 0.462 e. The van der Waals surface area contributed by atoms with E-state index in [4.69, 9.17) is 9.47 Å². The number of amides is 1. The summed E-state index contributed by atoms with van der Waals surface area (Å²) in [7, 11) is 0. The number of alkyl halides is 3. The van der Waals surface area contributed by atoms with Gasteiger partial charge >= 0.3 is 18.2 Å². The van der Waals surface area contributed by atoms with Crippen molar-refractivity contribution >= 4 is 39.0 Å². The number of carbonyl (C=O) groups is 2. The van der Waals surface area contributed by atoms with Crippen LogP contribution in [0.25, 0.3) is 11.0 Å². The molecule has 2 heterocycles. The molecule has 164 valence electrons. The lowest BCUT2D eigenvalue weighted by atomic mass is 10.2. The molecule has 0 aliphatic carbocycles. The van der Waals surface area contributed by atoms with Crippen LogP contribution in [0.15, 0.2) is 27.7 Å². The number of carbonyl (C=O) groups excluding carboxylic acids is 2. The van der Waals surface area contributed by atoms with Crippen molar-refractivity contribution in [2.45, 2.75) is 39.5 Å². The maximum atomic E-state index is 13.3. The zero-order chi connectivity index (χ0) is 22.9. The van der Waals surface area contributed by atoms with Crippen LogP contribution >= 0.6 is 15.9 Å². The van der Waals surface area contributed by atoms with Crippen LogP contribution in [0.1, 0.15) is 38.1 Å². The Morgan fingerprint density at radius 1 is 1.27 bits per heavy atom. The fourth-order valence-electron chi connectivity index (χ4n) is 2.42. The smallest absolute Gasteiger partial charge is 0.429 e. The third-order valence-electron chi connectivity index (χ3n) is 3.48. The average molecular weight is 494 g/mol. The van der Waals surface area contributed by atoms with E-state index in [1.54, 1.807) is 0 Å². The minimum Gasteiger partial charge on any atom is -0.462 e. The molecule has 0 spiro atoms. The van der Waals surface area contributed by atoms with Gasteiger partial charge in [0.25, 0.3) is 0 Å². The monoisotopic (exact) mass is 493 g/mol. The van der Waals surface area contributed by atoms with Crippen LogP contribution in [-0.4, -0.2) is 46.7 Å². The van der Waals surface area contributed by atoms with Crippen LogP contribution in [0.5, 0.6) is 0 Å². The number of rotatable bonds is 4. The first-order valence-corrected chi connectivity index (χ1v) is 9.48. The van der Waals surface area contributed by atoms with Gasteiger partial charge in [0.2, 0.25) is 5.43 Å². The maximum absolute atomic E-state index is 13.3. The Hall–Kier alpha value is -2.63. The number of aromatic nitrogens is 2. The highest BCUT2D eigenvalue weighted by atomic mass is 79.9. The molecule has 0 unspecified atom stereocenters. The standard InChI is InChI=1S/C18H19BrF3N3O5/c1-5-29-15(27)12-8-24(14-11(13(12)26)6-10(19)7-23-14)25(9-18(20,21)22)16(28)30-17(2,3)4/h6-8H,5,9H2,1-4H3. The molecule has 0 N–H and O–H groups in total. The minimum atomic E-state index is -4.81. The molecule has 0 aliphatic rings. The summed E-state index contributed by atoms with van der Waals surface area (Å²) in [5.74, 6) is -1.05. The van der Waals surface area contributed by atoms with Crippen molar-refractivity contribution in [1.82, 2.24) is 9.66 Å². The van der Waals surface area contributed by atoms with Crippen LogP contribution in [0.3, 0.4) is 0 Å². The van der Waals surface area contributed by atoms with Crippen molar-refractivity contribution in [3.05, 3.63) is 38.7 Å². The summed E-state index contributed by atoms with van der Waals surface area (Å²) in [6.07, 6.45) is -4.13. The van der Waals surface area contributed by atoms with Crippen LogP contribution in [0.4, 0.5) is 18.0 Å². The predicted molar refractivity (Wildman–Crippen MR) is 105 cm³/mol. The minimum absolute atomic E-state index is 0.0641. The Labute approximate surface area is 177 Å². The summed E-state index contributed by atoms with van der Waals surface area (Å²) >= 11 is 3.13. The molecule has 0 saturated heterocycles. The van der Waals surface area contributed by atoms with Crippen LogP contribution in [-0.2, 0) is 9.47 Å². The first-order valence-electron chi connectivity index (χ1n) is 8.69. The van der Waals surface area contributed by atoms with Gasteiger partial charge < -0.3 is 9.47 Å². The van der Waals surface area contributed by atoms with Crippen molar-refractivity contribution in [3.8, 4) is 0 Å². The van der Waals surface area contributed by atoms with Gasteiger partial charge in [0.05, 0.1) is 12.0 Å². The number of esters is 1. The van der Waals surface area contributed by atoms with Gasteiger partial charge in [-0.25, -0.2) is 24.3 Å². The zero-order valence-corrected chi connectivity index (χ0v) is 18.1. The number of pyridine rings is 2. The van der Waals surface area contributed by atoms with E-state index in [2.05, 4.69) is 20.9 Å². The van der Waals surface area contributed by atoms with Crippen molar-refractivity contribution in [2.75, 3.05) is 18.2 Å². The molecule has 0 radical (unpaired) electrons. The number of hydrogen-bond donors (Lipinski definition) is 0. The van der Waals surface area contributed by atoms with Gasteiger partial charge in [0, 0.05) is 16.9 Å². The molecule has 2 rings (SSSR count). The second kappa shape index (κ2) is 8.62. The third kappa shape index (κ3) is 5.71. The van der Waals surface area contributed by atoms with Gasteiger partial charge in [-0.1, -0.05) is 0 Å². The number of halogens is 4. The highest BCUT2D eigenvalue weighted by Crippen LogP contribution is 2.22. The highest BCUT2D eigenvalue weighted by molar-refractivity contribution is 9.10. The van der Waals surface area contributed by atoms with E-state index in [0.717, 1.165) is 6.20 Å². The number of hydrogen-bond acceptors (Lipinski definition) is 6. The molecule has 12 heteroatoms. The van der Waals surface area contributed by atoms with E-state index < -0.39 is 41.4 Å². The Kier molecular flexibility index (Phi) is 6.80. The van der Waals surface area contributed by atoms with Gasteiger partial charge in [-0.3, -0.25) is 4.79 Å². The third-order valence-corrected chi connectivity index (χ3v) is 3.91. The molecule has 8 nitrogen and oxygen atoms in total. The zero-order valence-electron chi connectivity index (χ0n) is 16.5. The predicted octanol–water partition coefficient (Wildman–Crippen LogP) is 3.77. The van der Waals surface area contributed by atoms with Gasteiger partial charge in [0.15, 0.2) is 5.65 Å². The summed E-state index contributed by atoms with van der Waals surface area (Å²) in [6, 6.07) is 1.28. The Bertz CT molecular complexity index is 1030. The lowest BCUT2D eigenvalue weighted by Gasteiger charge is -2.30.